The number of hydrogen-bond acceptors (Lipinski definition) is 5. The number of amides is 3. The van der Waals surface area contributed by atoms with Gasteiger partial charge in [0.1, 0.15) is 23.4 Å². The molecule has 2 rings (SSSR count). The summed E-state index contributed by atoms with van der Waals surface area (Å²) in [6, 6.07) is 10.6. The minimum absolute atomic E-state index is 0.250. The molecule has 0 saturated heterocycles. The van der Waals surface area contributed by atoms with Crippen molar-refractivity contribution in [3.05, 3.63) is 59.2 Å². The van der Waals surface area contributed by atoms with Crippen LogP contribution >= 0.6 is 0 Å². The number of rotatable bonds is 9. The SMILES string of the molecule is COc1ccc(NC(=O)C(c2c(C)cccc2C)N(C(=O)C(NC(=O)OC(C)(C)C)C(C)C)C(C)C)cc1. The van der Waals surface area contributed by atoms with Gasteiger partial charge >= 0.3 is 6.09 Å². The van der Waals surface area contributed by atoms with E-state index in [9.17, 15) is 14.4 Å². The number of nitrogens with zero attached hydrogens (tertiary/aromatic N) is 1. The van der Waals surface area contributed by atoms with Crippen molar-refractivity contribution < 1.29 is 23.9 Å². The molecule has 0 aliphatic heterocycles. The summed E-state index contributed by atoms with van der Waals surface area (Å²) in [4.78, 5) is 42.4. The third kappa shape index (κ3) is 7.97. The first-order valence-electron chi connectivity index (χ1n) is 13.0. The second-order valence-electron chi connectivity index (χ2n) is 11.1. The largest absolute Gasteiger partial charge is 0.497 e. The number of alkyl carbamates (subject to hydrolysis) is 1. The minimum atomic E-state index is -0.938. The highest BCUT2D eigenvalue weighted by atomic mass is 16.6. The molecule has 2 atom stereocenters. The van der Waals surface area contributed by atoms with Crippen LogP contribution in [-0.2, 0) is 14.3 Å². The first-order chi connectivity index (χ1) is 17.7. The second kappa shape index (κ2) is 12.8. The Bertz CT molecular complexity index is 1100. The fourth-order valence-corrected chi connectivity index (χ4v) is 4.33. The average molecular weight is 526 g/mol. The number of methoxy groups -OCH3 is 1. The summed E-state index contributed by atoms with van der Waals surface area (Å²) in [6.07, 6.45) is -0.681. The monoisotopic (exact) mass is 525 g/mol. The molecule has 3 amide bonds. The van der Waals surface area contributed by atoms with Crippen LogP contribution in [0.3, 0.4) is 0 Å². The summed E-state index contributed by atoms with van der Waals surface area (Å²) in [5.74, 6) is -0.298. The zero-order valence-electron chi connectivity index (χ0n) is 24.3. The summed E-state index contributed by atoms with van der Waals surface area (Å²) in [6.45, 7) is 16.6. The first kappa shape index (κ1) is 30.7. The highest BCUT2D eigenvalue weighted by molar-refractivity contribution is 5.99. The van der Waals surface area contributed by atoms with E-state index in [0.717, 1.165) is 16.7 Å². The maximum Gasteiger partial charge on any atom is 0.408 e. The van der Waals surface area contributed by atoms with Crippen LogP contribution in [0.15, 0.2) is 42.5 Å². The van der Waals surface area contributed by atoms with E-state index < -0.39 is 23.8 Å². The lowest BCUT2D eigenvalue weighted by Gasteiger charge is -2.39. The Morgan fingerprint density at radius 3 is 1.89 bits per heavy atom. The quantitative estimate of drug-likeness (QED) is 0.433. The molecule has 0 heterocycles. The third-order valence-electron chi connectivity index (χ3n) is 6.12. The summed E-state index contributed by atoms with van der Waals surface area (Å²) in [7, 11) is 1.58. The van der Waals surface area contributed by atoms with Gasteiger partial charge in [-0.05, 0) is 95.3 Å². The molecule has 0 aliphatic carbocycles. The number of benzene rings is 2. The van der Waals surface area contributed by atoms with Gasteiger partial charge in [0.15, 0.2) is 0 Å². The maximum absolute atomic E-state index is 14.2. The molecule has 2 aromatic carbocycles. The predicted octanol–water partition coefficient (Wildman–Crippen LogP) is 5.78. The smallest absolute Gasteiger partial charge is 0.408 e. The van der Waals surface area contributed by atoms with Crippen LogP contribution in [0, 0.1) is 19.8 Å². The fraction of sp³-hybridized carbons (Fsp3) is 0.500. The van der Waals surface area contributed by atoms with Gasteiger partial charge in [-0.1, -0.05) is 32.0 Å². The average Bonchev–Trinajstić information content (AvgIpc) is 2.80. The van der Waals surface area contributed by atoms with Gasteiger partial charge in [-0.3, -0.25) is 9.59 Å². The molecular weight excluding hydrogens is 482 g/mol. The van der Waals surface area contributed by atoms with Gasteiger partial charge < -0.3 is 25.0 Å². The second-order valence-corrected chi connectivity index (χ2v) is 11.1. The third-order valence-corrected chi connectivity index (χ3v) is 6.12. The van der Waals surface area contributed by atoms with Crippen LogP contribution < -0.4 is 15.4 Å². The summed E-state index contributed by atoms with van der Waals surface area (Å²) in [5.41, 5.74) is 2.39. The molecule has 0 saturated carbocycles. The number of ether oxygens (including phenoxy) is 2. The van der Waals surface area contributed by atoms with E-state index in [0.29, 0.717) is 11.4 Å². The molecule has 2 N–H and O–H groups in total. The van der Waals surface area contributed by atoms with Crippen LogP contribution in [0.25, 0.3) is 0 Å². The molecule has 0 spiro atoms. The van der Waals surface area contributed by atoms with Crippen LogP contribution in [-0.4, -0.2) is 47.6 Å². The Balaban J connectivity index is 2.56. The van der Waals surface area contributed by atoms with Gasteiger partial charge in [0, 0.05) is 11.7 Å². The molecule has 0 fully saturated rings. The molecule has 2 unspecified atom stereocenters. The molecule has 0 bridgehead atoms. The lowest BCUT2D eigenvalue weighted by Crippen LogP contribution is -2.56. The Morgan fingerprint density at radius 1 is 0.895 bits per heavy atom. The molecule has 208 valence electrons. The number of carbonyl (C=O) groups is 3. The Kier molecular flexibility index (Phi) is 10.3. The van der Waals surface area contributed by atoms with E-state index in [-0.39, 0.29) is 23.8 Å². The molecule has 0 aliphatic rings. The Hall–Kier alpha value is -3.55. The first-order valence-corrected chi connectivity index (χ1v) is 13.0. The summed E-state index contributed by atoms with van der Waals surface area (Å²) in [5, 5.41) is 5.72. The van der Waals surface area contributed by atoms with Crippen LogP contribution in [0.1, 0.15) is 71.2 Å². The predicted molar refractivity (Wildman–Crippen MR) is 150 cm³/mol. The van der Waals surface area contributed by atoms with Crippen molar-refractivity contribution in [1.29, 1.82) is 0 Å². The van der Waals surface area contributed by atoms with Gasteiger partial charge in [0.25, 0.3) is 5.91 Å². The van der Waals surface area contributed by atoms with Gasteiger partial charge in [0.05, 0.1) is 7.11 Å². The summed E-state index contributed by atoms with van der Waals surface area (Å²) < 4.78 is 10.7. The van der Waals surface area contributed by atoms with Crippen molar-refractivity contribution in [2.45, 2.75) is 86.0 Å². The number of anilines is 1. The van der Waals surface area contributed by atoms with Crippen LogP contribution in [0.4, 0.5) is 10.5 Å². The van der Waals surface area contributed by atoms with Crippen molar-refractivity contribution >= 4 is 23.6 Å². The molecule has 2 aromatic rings. The highest BCUT2D eigenvalue weighted by Crippen LogP contribution is 2.32. The van der Waals surface area contributed by atoms with Gasteiger partial charge in [-0.15, -0.1) is 0 Å². The van der Waals surface area contributed by atoms with Gasteiger partial charge in [-0.25, -0.2) is 4.79 Å². The van der Waals surface area contributed by atoms with E-state index in [2.05, 4.69) is 10.6 Å². The van der Waals surface area contributed by atoms with Gasteiger partial charge in [0.2, 0.25) is 5.91 Å². The Labute approximate surface area is 227 Å². The van der Waals surface area contributed by atoms with E-state index in [1.807, 2.05) is 59.7 Å². The lowest BCUT2D eigenvalue weighted by molar-refractivity contribution is -0.143. The van der Waals surface area contributed by atoms with E-state index in [1.165, 1.54) is 0 Å². The number of carbonyl (C=O) groups excluding carboxylic acids is 3. The van der Waals surface area contributed by atoms with Crippen molar-refractivity contribution in [2.24, 2.45) is 5.92 Å². The number of nitrogens with one attached hydrogen (secondary N) is 2. The van der Waals surface area contributed by atoms with E-state index in [4.69, 9.17) is 9.47 Å². The maximum atomic E-state index is 14.2. The van der Waals surface area contributed by atoms with Crippen molar-refractivity contribution in [1.82, 2.24) is 10.2 Å². The van der Waals surface area contributed by atoms with Crippen molar-refractivity contribution in [3.8, 4) is 5.75 Å². The van der Waals surface area contributed by atoms with Crippen molar-refractivity contribution in [2.75, 3.05) is 12.4 Å². The van der Waals surface area contributed by atoms with Gasteiger partial charge in [-0.2, -0.15) is 0 Å². The topological polar surface area (TPSA) is 97.0 Å². The van der Waals surface area contributed by atoms with Crippen molar-refractivity contribution in [3.63, 3.8) is 0 Å². The summed E-state index contributed by atoms with van der Waals surface area (Å²) >= 11 is 0. The standard InChI is InChI=1S/C30H43N3O5/c1-18(2)25(32-29(36)38-30(7,8)9)28(35)33(19(3)4)26(24-20(5)12-11-13-21(24)6)27(34)31-22-14-16-23(37-10)17-15-22/h11-19,25-26H,1-10H3,(H,31,34)(H,32,36). The molecule has 38 heavy (non-hydrogen) atoms. The normalized spacial score (nSPS) is 13.1. The lowest BCUT2D eigenvalue weighted by atomic mass is 9.92. The highest BCUT2D eigenvalue weighted by Gasteiger charge is 2.40. The molecule has 8 nitrogen and oxygen atoms in total. The Morgan fingerprint density at radius 2 is 1.45 bits per heavy atom. The molecule has 0 radical (unpaired) electrons. The van der Waals surface area contributed by atoms with Crippen LogP contribution in [0.2, 0.25) is 0 Å². The molecule has 8 heteroatoms. The number of hydrogen-bond donors (Lipinski definition) is 2. The fourth-order valence-electron chi connectivity index (χ4n) is 4.33. The zero-order valence-corrected chi connectivity index (χ0v) is 24.3. The molecule has 0 aromatic heterocycles. The van der Waals surface area contributed by atoms with E-state index >= 15 is 0 Å². The van der Waals surface area contributed by atoms with Crippen LogP contribution in [0.5, 0.6) is 5.75 Å². The molecular formula is C30H43N3O5. The zero-order chi connectivity index (χ0) is 28.8. The number of aryl methyl sites for hydroxylation is 2. The minimum Gasteiger partial charge on any atom is -0.497 e. The van der Waals surface area contributed by atoms with E-state index in [1.54, 1.807) is 57.0 Å².